The minimum atomic E-state index is -0.109. The van der Waals surface area contributed by atoms with Crippen molar-refractivity contribution in [2.45, 2.75) is 6.61 Å². The van der Waals surface area contributed by atoms with E-state index in [0.717, 1.165) is 15.6 Å². The van der Waals surface area contributed by atoms with E-state index in [-0.39, 0.29) is 6.61 Å². The lowest BCUT2D eigenvalue weighted by Crippen LogP contribution is -1.86. The summed E-state index contributed by atoms with van der Waals surface area (Å²) < 4.78 is 5.82. The molecule has 0 aliphatic carbocycles. The molecule has 0 unspecified atom stereocenters. The summed E-state index contributed by atoms with van der Waals surface area (Å²) in [7, 11) is 0. The third-order valence-corrected chi connectivity index (χ3v) is 2.48. The molecule has 14 heavy (non-hydrogen) atoms. The molecular weight excluding hydrogens is 246 g/mol. The molecule has 0 atom stereocenters. The van der Waals surface area contributed by atoms with Crippen LogP contribution in [0.4, 0.5) is 0 Å². The second-order valence-corrected chi connectivity index (χ2v) is 3.76. The van der Waals surface area contributed by atoms with Crippen molar-refractivity contribution in [1.82, 2.24) is 5.16 Å². The Morgan fingerprint density at radius 3 is 2.64 bits per heavy atom. The summed E-state index contributed by atoms with van der Waals surface area (Å²) in [6, 6.07) is 7.75. The molecule has 0 bridgehead atoms. The van der Waals surface area contributed by atoms with Gasteiger partial charge < -0.3 is 9.63 Å². The Bertz CT molecular complexity index is 422. The van der Waals surface area contributed by atoms with Gasteiger partial charge in [0.15, 0.2) is 0 Å². The normalized spacial score (nSPS) is 10.4. The molecule has 0 radical (unpaired) electrons. The molecule has 2 rings (SSSR count). The van der Waals surface area contributed by atoms with Crippen LogP contribution in [0.3, 0.4) is 0 Å². The minimum Gasteiger partial charge on any atom is -0.390 e. The molecule has 4 heteroatoms. The van der Waals surface area contributed by atoms with Crippen molar-refractivity contribution in [1.29, 1.82) is 0 Å². The number of rotatable bonds is 2. The van der Waals surface area contributed by atoms with Gasteiger partial charge in [-0.1, -0.05) is 33.2 Å². The van der Waals surface area contributed by atoms with Gasteiger partial charge in [-0.25, -0.2) is 0 Å². The summed E-state index contributed by atoms with van der Waals surface area (Å²) in [5, 5.41) is 12.7. The molecule has 0 fully saturated rings. The summed E-state index contributed by atoms with van der Waals surface area (Å²) in [4.78, 5) is 0. The average Bonchev–Trinajstić information content (AvgIpc) is 2.67. The highest BCUT2D eigenvalue weighted by molar-refractivity contribution is 9.10. The first-order valence-electron chi connectivity index (χ1n) is 4.11. The first-order chi connectivity index (χ1) is 6.81. The molecule has 1 aromatic heterocycles. The monoisotopic (exact) mass is 253 g/mol. The highest BCUT2D eigenvalue weighted by Gasteiger charge is 2.08. The minimum absolute atomic E-state index is 0.109. The molecule has 0 saturated heterocycles. The molecule has 0 spiro atoms. The van der Waals surface area contributed by atoms with Crippen molar-refractivity contribution in [3.63, 3.8) is 0 Å². The van der Waals surface area contributed by atoms with Crippen LogP contribution in [0.25, 0.3) is 11.1 Å². The van der Waals surface area contributed by atoms with E-state index in [9.17, 15) is 0 Å². The number of hydrogen-bond acceptors (Lipinski definition) is 3. The Balaban J connectivity index is 2.44. The van der Waals surface area contributed by atoms with Gasteiger partial charge in [-0.15, -0.1) is 0 Å². The molecule has 2 aromatic rings. The van der Waals surface area contributed by atoms with E-state index in [2.05, 4.69) is 21.1 Å². The highest BCUT2D eigenvalue weighted by atomic mass is 79.9. The van der Waals surface area contributed by atoms with Crippen molar-refractivity contribution in [3.8, 4) is 11.1 Å². The third-order valence-electron chi connectivity index (χ3n) is 1.95. The van der Waals surface area contributed by atoms with Gasteiger partial charge in [0, 0.05) is 10.0 Å². The van der Waals surface area contributed by atoms with Crippen LogP contribution in [0.2, 0.25) is 0 Å². The zero-order valence-electron chi connectivity index (χ0n) is 7.27. The Morgan fingerprint density at radius 1 is 1.29 bits per heavy atom. The van der Waals surface area contributed by atoms with E-state index >= 15 is 0 Å². The highest BCUT2D eigenvalue weighted by Crippen LogP contribution is 2.24. The van der Waals surface area contributed by atoms with Crippen molar-refractivity contribution >= 4 is 15.9 Å². The number of benzene rings is 1. The number of aromatic nitrogens is 1. The van der Waals surface area contributed by atoms with Gasteiger partial charge >= 0.3 is 0 Å². The summed E-state index contributed by atoms with van der Waals surface area (Å²) >= 11 is 3.36. The fraction of sp³-hybridized carbons (Fsp3) is 0.100. The molecule has 0 saturated carbocycles. The molecule has 1 aromatic carbocycles. The maximum atomic E-state index is 8.99. The first kappa shape index (κ1) is 9.43. The average molecular weight is 254 g/mol. The van der Waals surface area contributed by atoms with Crippen LogP contribution in [-0.4, -0.2) is 10.3 Å². The maximum absolute atomic E-state index is 8.99. The number of hydrogen-bond donors (Lipinski definition) is 1. The Morgan fingerprint density at radius 2 is 2.00 bits per heavy atom. The molecular formula is C10H8BrNO2. The lowest BCUT2D eigenvalue weighted by Gasteiger charge is -1.98. The molecule has 3 nitrogen and oxygen atoms in total. The van der Waals surface area contributed by atoms with Gasteiger partial charge in [0.1, 0.15) is 12.0 Å². The summed E-state index contributed by atoms with van der Waals surface area (Å²) in [5.41, 5.74) is 2.38. The third kappa shape index (κ3) is 1.71. The van der Waals surface area contributed by atoms with Crippen molar-refractivity contribution in [3.05, 3.63) is 40.7 Å². The summed E-state index contributed by atoms with van der Waals surface area (Å²) in [6.45, 7) is -0.109. The second kappa shape index (κ2) is 3.94. The Kier molecular flexibility index (Phi) is 2.65. The van der Waals surface area contributed by atoms with Crippen molar-refractivity contribution in [2.75, 3.05) is 0 Å². The van der Waals surface area contributed by atoms with Gasteiger partial charge in [-0.2, -0.15) is 0 Å². The van der Waals surface area contributed by atoms with E-state index in [1.165, 1.54) is 6.26 Å². The molecule has 0 amide bonds. The van der Waals surface area contributed by atoms with E-state index in [4.69, 9.17) is 9.63 Å². The summed E-state index contributed by atoms with van der Waals surface area (Å²) in [6.07, 6.45) is 1.54. The topological polar surface area (TPSA) is 46.3 Å². The van der Waals surface area contributed by atoms with Crippen LogP contribution in [-0.2, 0) is 6.61 Å². The van der Waals surface area contributed by atoms with E-state index in [0.29, 0.717) is 5.69 Å². The smallest absolute Gasteiger partial charge is 0.132 e. The molecule has 0 aliphatic heterocycles. The predicted octanol–water partition coefficient (Wildman–Crippen LogP) is 2.60. The van der Waals surface area contributed by atoms with Gasteiger partial charge in [0.2, 0.25) is 0 Å². The van der Waals surface area contributed by atoms with Gasteiger partial charge in [0.05, 0.1) is 6.61 Å². The van der Waals surface area contributed by atoms with Crippen LogP contribution >= 0.6 is 15.9 Å². The predicted molar refractivity (Wildman–Crippen MR) is 55.6 cm³/mol. The molecule has 1 N–H and O–H groups in total. The van der Waals surface area contributed by atoms with Crippen molar-refractivity contribution < 1.29 is 9.63 Å². The largest absolute Gasteiger partial charge is 0.390 e. The fourth-order valence-corrected chi connectivity index (χ4v) is 1.50. The summed E-state index contributed by atoms with van der Waals surface area (Å²) in [5.74, 6) is 0. The SMILES string of the molecule is OCc1nocc1-c1ccc(Br)cc1. The van der Waals surface area contributed by atoms with Crippen LogP contribution in [0, 0.1) is 0 Å². The van der Waals surface area contributed by atoms with Crippen LogP contribution in [0.5, 0.6) is 0 Å². The molecule has 72 valence electrons. The van der Waals surface area contributed by atoms with Gasteiger partial charge in [0.25, 0.3) is 0 Å². The lowest BCUT2D eigenvalue weighted by molar-refractivity contribution is 0.267. The first-order valence-corrected chi connectivity index (χ1v) is 4.90. The number of aliphatic hydroxyl groups is 1. The number of halogens is 1. The quantitative estimate of drug-likeness (QED) is 0.895. The molecule has 0 aliphatic rings. The maximum Gasteiger partial charge on any atom is 0.132 e. The standard InChI is InChI=1S/C10H8BrNO2/c11-8-3-1-7(2-4-8)9-6-14-12-10(9)5-13/h1-4,6,13H,5H2. The van der Waals surface area contributed by atoms with Crippen LogP contribution < -0.4 is 0 Å². The number of nitrogens with zero attached hydrogens (tertiary/aromatic N) is 1. The van der Waals surface area contributed by atoms with Gasteiger partial charge in [-0.05, 0) is 17.7 Å². The Labute approximate surface area is 89.5 Å². The zero-order valence-corrected chi connectivity index (χ0v) is 8.86. The van der Waals surface area contributed by atoms with Gasteiger partial charge in [-0.3, -0.25) is 0 Å². The van der Waals surface area contributed by atoms with E-state index in [1.807, 2.05) is 24.3 Å². The zero-order chi connectivity index (χ0) is 9.97. The molecule has 1 heterocycles. The Hall–Kier alpha value is -1.13. The van der Waals surface area contributed by atoms with E-state index < -0.39 is 0 Å². The van der Waals surface area contributed by atoms with E-state index in [1.54, 1.807) is 0 Å². The fourth-order valence-electron chi connectivity index (χ4n) is 1.24. The number of aliphatic hydroxyl groups excluding tert-OH is 1. The van der Waals surface area contributed by atoms with Crippen LogP contribution in [0.1, 0.15) is 5.69 Å². The second-order valence-electron chi connectivity index (χ2n) is 2.84. The van der Waals surface area contributed by atoms with Crippen LogP contribution in [0.15, 0.2) is 39.5 Å². The lowest BCUT2D eigenvalue weighted by atomic mass is 10.1. The van der Waals surface area contributed by atoms with Crippen molar-refractivity contribution in [2.24, 2.45) is 0 Å².